The van der Waals surface area contributed by atoms with Crippen LogP contribution >= 0.6 is 0 Å². The van der Waals surface area contributed by atoms with Crippen molar-refractivity contribution in [3.63, 3.8) is 0 Å². The Kier molecular flexibility index (Phi) is 19.3. The summed E-state index contributed by atoms with van der Waals surface area (Å²) in [6.07, 6.45) is -35.6. The van der Waals surface area contributed by atoms with Crippen molar-refractivity contribution in [3.05, 3.63) is 0 Å². The van der Waals surface area contributed by atoms with Gasteiger partial charge in [-0.05, 0) is 111 Å². The smallest absolute Gasteiger partial charge is 0.187 e. The summed E-state index contributed by atoms with van der Waals surface area (Å²) in [4.78, 5) is 0. The van der Waals surface area contributed by atoms with E-state index in [0.29, 0.717) is 54.3 Å². The van der Waals surface area contributed by atoms with E-state index in [-0.39, 0.29) is 23.0 Å². The molecule has 11 aliphatic rings. The Hall–Kier alpha value is -1.08. The molecule has 7 heterocycles. The van der Waals surface area contributed by atoms with Gasteiger partial charge in [-0.1, -0.05) is 27.7 Å². The molecule has 84 heavy (non-hydrogen) atoms. The Morgan fingerprint density at radius 1 is 0.429 bits per heavy atom. The zero-order valence-corrected chi connectivity index (χ0v) is 48.3. The van der Waals surface area contributed by atoms with Crippen LogP contribution in [-0.2, 0) is 56.8 Å². The van der Waals surface area contributed by atoms with Crippen molar-refractivity contribution >= 4 is 0 Å². The molecule has 0 amide bonds. The number of hydrogen-bond acceptors (Lipinski definition) is 27. The van der Waals surface area contributed by atoms with Gasteiger partial charge in [0.25, 0.3) is 0 Å². The van der Waals surface area contributed by atoms with Gasteiger partial charge < -0.3 is 133 Å². The van der Waals surface area contributed by atoms with Gasteiger partial charge >= 0.3 is 0 Å². The van der Waals surface area contributed by atoms with E-state index >= 15 is 0 Å². The van der Waals surface area contributed by atoms with Crippen LogP contribution in [-0.4, -0.2) is 281 Å². The van der Waals surface area contributed by atoms with E-state index in [4.69, 9.17) is 56.8 Å². The van der Waals surface area contributed by atoms with Gasteiger partial charge in [0.15, 0.2) is 37.2 Å². The first-order valence-corrected chi connectivity index (χ1v) is 30.7. The zero-order chi connectivity index (χ0) is 60.2. The topological polar surface area (TPSA) is 414 Å². The molecular weight excluding hydrogens is 1120 g/mol. The number of aliphatic hydroxyl groups is 15. The van der Waals surface area contributed by atoms with E-state index in [1.54, 1.807) is 0 Å². The largest absolute Gasteiger partial charge is 0.394 e. The summed E-state index contributed by atoms with van der Waals surface area (Å²) in [5.74, 6) is 2.82. The van der Waals surface area contributed by atoms with Crippen molar-refractivity contribution in [2.75, 3.05) is 33.0 Å². The summed E-state index contributed by atoms with van der Waals surface area (Å²) in [5, 5.41) is 164. The Bertz CT molecular complexity index is 2180. The number of hydrogen-bond donors (Lipinski definition) is 15. The highest BCUT2D eigenvalue weighted by atomic mass is 16.8. The highest BCUT2D eigenvalue weighted by Gasteiger charge is 2.70. The molecule has 0 radical (unpaired) electrons. The Labute approximate surface area is 487 Å². The average molecular weight is 1210 g/mol. The molecule has 1 spiro atoms. The molecule has 37 atom stereocenters. The fourth-order valence-electron chi connectivity index (χ4n) is 17.6. The van der Waals surface area contributed by atoms with Crippen LogP contribution in [0.5, 0.6) is 0 Å². The Morgan fingerprint density at radius 2 is 0.940 bits per heavy atom. The third-order valence-corrected chi connectivity index (χ3v) is 22.5. The standard InChI is InChI=1S/C57H94O27/c1-21-8-13-57(73-20-21)22(2)34-29(84-57)15-28-26-7-6-24-14-25(9-11-55(24,4)27(26)10-12-56(28,34)5)75-51-44(71)40(67)47(33(19-61)78-51)81-54-49(48(37(64)31(17-59)77-54)82-52-43(70)39(66)36(63)30(16-58)76-52)83-53-45(72)41(68)46(32(18-60)79-53)80-50-42(69)38(65)35(62)23(3)74-50/h21-54,58-72H,6-20H2,1-5H3/t21-,22?,23+,24+,25+,26-,27+,28+,29?,30-,31-,32-,33-,34?,35+,36-,37-,38-,39+,40-,41-,42-,43-,44-,45-,46-,47+,48+,49-,50+,51-,52+,53+,54+,55+,56+,57-/m1/s1. The molecule has 0 aromatic heterocycles. The first kappa shape index (κ1) is 64.4. The second-order valence-electron chi connectivity index (χ2n) is 27.1. The SMILES string of the molecule is CC1C2C(C[C@H]3[C@@H]4CC[C@H]5C[C@@H](O[C@@H]6O[C@H](CO)[C@H](O[C@@H]7O[C@H](CO)[C@@H](O)[C@H](O[C@@H]8O[C@H](CO)[C@@H](O)[C@H](O)[C@H]8O)[C@H]7O[C@@H]7O[C@H](CO)[C@@H](O[C@@H]8O[C@@H](C)[C@H](O)[C@@H](O)[C@H]8O)[C@H](O)[C@H]7O)[C@H](O)[C@H]6O)CC[C@]5(C)[C@H]4CC[C@]23C)O[C@]12CC[C@@H](C)CO2. The maximum Gasteiger partial charge on any atom is 0.187 e. The molecule has 11 rings (SSSR count). The van der Waals surface area contributed by atoms with Gasteiger partial charge in [0.05, 0.1) is 51.3 Å². The normalized spacial score (nSPS) is 57.7. The number of ether oxygens (including phenoxy) is 12. The average Bonchev–Trinajstić information content (AvgIpc) is 1.76. The molecule has 0 bridgehead atoms. The summed E-state index contributed by atoms with van der Waals surface area (Å²) in [6, 6.07) is 0. The van der Waals surface area contributed by atoms with Crippen LogP contribution in [0.2, 0.25) is 0 Å². The molecule has 4 saturated carbocycles. The van der Waals surface area contributed by atoms with Crippen LogP contribution in [0.3, 0.4) is 0 Å². The van der Waals surface area contributed by atoms with E-state index < -0.39 is 186 Å². The highest BCUT2D eigenvalue weighted by molar-refractivity contribution is 5.16. The predicted octanol–water partition coefficient (Wildman–Crippen LogP) is -4.06. The third-order valence-electron chi connectivity index (χ3n) is 22.5. The van der Waals surface area contributed by atoms with Crippen molar-refractivity contribution in [3.8, 4) is 0 Å². The van der Waals surface area contributed by atoms with Crippen molar-refractivity contribution in [2.24, 2.45) is 52.3 Å². The predicted molar refractivity (Wildman–Crippen MR) is 279 cm³/mol. The lowest BCUT2D eigenvalue weighted by atomic mass is 9.44. The molecule has 0 aromatic rings. The number of aliphatic hydroxyl groups excluding tert-OH is 15. The van der Waals surface area contributed by atoms with Crippen LogP contribution < -0.4 is 0 Å². The molecular formula is C57H94O27. The van der Waals surface area contributed by atoms with E-state index in [1.807, 2.05) is 0 Å². The van der Waals surface area contributed by atoms with E-state index in [1.165, 1.54) is 6.92 Å². The monoisotopic (exact) mass is 1210 g/mol. The lowest BCUT2D eigenvalue weighted by Crippen LogP contribution is -2.69. The van der Waals surface area contributed by atoms with Crippen LogP contribution in [0, 0.1) is 52.3 Å². The van der Waals surface area contributed by atoms with Crippen molar-refractivity contribution in [2.45, 2.75) is 270 Å². The Balaban J connectivity index is 0.781. The first-order valence-electron chi connectivity index (χ1n) is 30.7. The number of rotatable bonds is 14. The molecule has 4 aliphatic carbocycles. The van der Waals surface area contributed by atoms with Crippen LogP contribution in [0.1, 0.15) is 98.8 Å². The second-order valence-corrected chi connectivity index (χ2v) is 27.1. The van der Waals surface area contributed by atoms with Gasteiger partial charge in [0.2, 0.25) is 0 Å². The van der Waals surface area contributed by atoms with Crippen LogP contribution in [0.4, 0.5) is 0 Å². The van der Waals surface area contributed by atoms with E-state index in [9.17, 15) is 76.6 Å². The Morgan fingerprint density at radius 3 is 1.55 bits per heavy atom. The van der Waals surface area contributed by atoms with Gasteiger partial charge in [-0.3, -0.25) is 0 Å². The van der Waals surface area contributed by atoms with Crippen LogP contribution in [0.25, 0.3) is 0 Å². The first-order chi connectivity index (χ1) is 39.9. The van der Waals surface area contributed by atoms with Gasteiger partial charge in [0, 0.05) is 12.3 Å². The highest BCUT2D eigenvalue weighted by Crippen LogP contribution is 2.71. The fourth-order valence-corrected chi connectivity index (χ4v) is 17.6. The van der Waals surface area contributed by atoms with Gasteiger partial charge in [-0.15, -0.1) is 0 Å². The molecule has 3 unspecified atom stereocenters. The molecule has 11 fully saturated rings. The molecule has 7 saturated heterocycles. The summed E-state index contributed by atoms with van der Waals surface area (Å²) in [6.45, 7) is 8.05. The quantitative estimate of drug-likeness (QED) is 0.0736. The zero-order valence-electron chi connectivity index (χ0n) is 48.3. The minimum Gasteiger partial charge on any atom is -0.394 e. The lowest BCUT2D eigenvalue weighted by Gasteiger charge is -2.61. The lowest BCUT2D eigenvalue weighted by molar-refractivity contribution is -0.411. The summed E-state index contributed by atoms with van der Waals surface area (Å²) in [7, 11) is 0. The van der Waals surface area contributed by atoms with Crippen molar-refractivity contribution in [1.82, 2.24) is 0 Å². The fraction of sp³-hybridized carbons (Fsp3) is 1.00. The van der Waals surface area contributed by atoms with Gasteiger partial charge in [-0.2, -0.15) is 0 Å². The minimum absolute atomic E-state index is 0.0482. The van der Waals surface area contributed by atoms with E-state index in [0.717, 1.165) is 58.0 Å². The third kappa shape index (κ3) is 11.2. The van der Waals surface area contributed by atoms with E-state index in [2.05, 4.69) is 27.7 Å². The van der Waals surface area contributed by atoms with Crippen molar-refractivity contribution < 1.29 is 133 Å². The molecule has 7 aliphatic heterocycles. The summed E-state index contributed by atoms with van der Waals surface area (Å²) in [5.41, 5.74) is 0.218. The molecule has 484 valence electrons. The molecule has 27 nitrogen and oxygen atoms in total. The second kappa shape index (κ2) is 25.2. The van der Waals surface area contributed by atoms with Crippen molar-refractivity contribution in [1.29, 1.82) is 0 Å². The molecule has 27 heteroatoms. The van der Waals surface area contributed by atoms with Gasteiger partial charge in [0.1, 0.15) is 116 Å². The maximum absolute atomic E-state index is 12.0. The maximum atomic E-state index is 12.0. The summed E-state index contributed by atoms with van der Waals surface area (Å²) >= 11 is 0. The van der Waals surface area contributed by atoms with Crippen LogP contribution in [0.15, 0.2) is 0 Å². The molecule has 0 aromatic carbocycles. The van der Waals surface area contributed by atoms with Gasteiger partial charge in [-0.25, -0.2) is 0 Å². The number of fused-ring (bicyclic) bond motifs is 7. The summed E-state index contributed by atoms with van der Waals surface area (Å²) < 4.78 is 73.7. The minimum atomic E-state index is -2.17. The molecule has 15 N–H and O–H groups in total.